The van der Waals surface area contributed by atoms with E-state index in [1.807, 2.05) is 6.07 Å². The molecular formula is C12H15NO2. The predicted octanol–water partition coefficient (Wildman–Crippen LogP) is 1.53. The molecule has 0 radical (unpaired) electrons. The third-order valence-electron chi connectivity index (χ3n) is 2.94. The molecule has 1 saturated heterocycles. The maximum Gasteiger partial charge on any atom is 0.320 e. The summed E-state index contributed by atoms with van der Waals surface area (Å²) in [6, 6.07) is 7.91. The van der Waals surface area contributed by atoms with E-state index in [1.165, 1.54) is 11.1 Å². The van der Waals surface area contributed by atoms with Crippen molar-refractivity contribution < 1.29 is 9.90 Å². The summed E-state index contributed by atoms with van der Waals surface area (Å²) in [6.45, 7) is 2.82. The van der Waals surface area contributed by atoms with Crippen molar-refractivity contribution >= 4 is 5.97 Å². The molecule has 3 heteroatoms. The second-order valence-corrected chi connectivity index (χ2v) is 4.15. The molecule has 1 aliphatic rings. The van der Waals surface area contributed by atoms with Gasteiger partial charge in [-0.25, -0.2) is 0 Å². The van der Waals surface area contributed by atoms with Crippen LogP contribution in [0.5, 0.6) is 0 Å². The van der Waals surface area contributed by atoms with Crippen LogP contribution in [0.3, 0.4) is 0 Å². The molecule has 1 heterocycles. The molecule has 2 rings (SSSR count). The topological polar surface area (TPSA) is 49.3 Å². The molecule has 1 aliphatic heterocycles. The van der Waals surface area contributed by atoms with Gasteiger partial charge in [0.25, 0.3) is 0 Å². The SMILES string of the molecule is Cc1cccc(C2CNC(C(=O)O)C2)c1. The Morgan fingerprint density at radius 1 is 1.53 bits per heavy atom. The molecular weight excluding hydrogens is 190 g/mol. The van der Waals surface area contributed by atoms with Gasteiger partial charge in [-0.15, -0.1) is 0 Å². The molecule has 0 spiro atoms. The highest BCUT2D eigenvalue weighted by molar-refractivity contribution is 5.74. The molecule has 2 N–H and O–H groups in total. The number of carboxylic acid groups (broad SMARTS) is 1. The third kappa shape index (κ3) is 2.18. The summed E-state index contributed by atoms with van der Waals surface area (Å²) in [5, 5.41) is 11.9. The van der Waals surface area contributed by atoms with Gasteiger partial charge in [0.05, 0.1) is 0 Å². The summed E-state index contributed by atoms with van der Waals surface area (Å²) < 4.78 is 0. The second-order valence-electron chi connectivity index (χ2n) is 4.15. The van der Waals surface area contributed by atoms with Gasteiger partial charge in [0.2, 0.25) is 0 Å². The van der Waals surface area contributed by atoms with Gasteiger partial charge >= 0.3 is 5.97 Å². The molecule has 0 aliphatic carbocycles. The molecule has 80 valence electrons. The molecule has 2 atom stereocenters. The standard InChI is InChI=1S/C12H15NO2/c1-8-3-2-4-9(5-8)10-6-11(12(14)15)13-7-10/h2-5,10-11,13H,6-7H2,1H3,(H,14,15). The molecule has 3 nitrogen and oxygen atoms in total. The first kappa shape index (κ1) is 10.2. The van der Waals surface area contributed by atoms with Crippen LogP contribution < -0.4 is 5.32 Å². The Morgan fingerprint density at radius 3 is 2.93 bits per heavy atom. The molecule has 0 amide bonds. The van der Waals surface area contributed by atoms with Crippen molar-refractivity contribution in [3.8, 4) is 0 Å². The predicted molar refractivity (Wildman–Crippen MR) is 58.0 cm³/mol. The van der Waals surface area contributed by atoms with E-state index in [1.54, 1.807) is 0 Å². The lowest BCUT2D eigenvalue weighted by molar-refractivity contribution is -0.139. The molecule has 0 aromatic heterocycles. The third-order valence-corrected chi connectivity index (χ3v) is 2.94. The normalized spacial score (nSPS) is 25.4. The van der Waals surface area contributed by atoms with Gasteiger partial charge in [-0.2, -0.15) is 0 Å². The first-order valence-electron chi connectivity index (χ1n) is 5.19. The number of carbonyl (C=O) groups is 1. The van der Waals surface area contributed by atoms with Gasteiger partial charge in [-0.05, 0) is 24.8 Å². The minimum atomic E-state index is -0.745. The van der Waals surface area contributed by atoms with Crippen LogP contribution in [0, 0.1) is 6.92 Å². The number of carboxylic acids is 1. The van der Waals surface area contributed by atoms with Crippen LogP contribution >= 0.6 is 0 Å². The van der Waals surface area contributed by atoms with Crippen molar-refractivity contribution in [2.45, 2.75) is 25.3 Å². The van der Waals surface area contributed by atoms with Gasteiger partial charge in [-0.1, -0.05) is 29.8 Å². The lowest BCUT2D eigenvalue weighted by atomic mass is 9.95. The highest BCUT2D eigenvalue weighted by Crippen LogP contribution is 2.26. The van der Waals surface area contributed by atoms with Crippen molar-refractivity contribution in [2.24, 2.45) is 0 Å². The fourth-order valence-electron chi connectivity index (χ4n) is 2.10. The van der Waals surface area contributed by atoms with Crippen LogP contribution in [0.15, 0.2) is 24.3 Å². The maximum absolute atomic E-state index is 10.8. The lowest BCUT2D eigenvalue weighted by Crippen LogP contribution is -2.29. The summed E-state index contributed by atoms with van der Waals surface area (Å²) in [5.74, 6) is -0.406. The first-order valence-corrected chi connectivity index (χ1v) is 5.19. The maximum atomic E-state index is 10.8. The van der Waals surface area contributed by atoms with E-state index in [9.17, 15) is 4.79 Å². The van der Waals surface area contributed by atoms with Crippen molar-refractivity contribution in [3.63, 3.8) is 0 Å². The second kappa shape index (κ2) is 4.03. The zero-order valence-electron chi connectivity index (χ0n) is 8.73. The lowest BCUT2D eigenvalue weighted by Gasteiger charge is -2.09. The zero-order valence-corrected chi connectivity index (χ0v) is 8.73. The van der Waals surface area contributed by atoms with Gasteiger partial charge < -0.3 is 10.4 Å². The summed E-state index contributed by atoms with van der Waals surface area (Å²) in [4.78, 5) is 10.8. The number of nitrogens with one attached hydrogen (secondary N) is 1. The van der Waals surface area contributed by atoms with E-state index < -0.39 is 5.97 Å². The first-order chi connectivity index (χ1) is 7.16. The average molecular weight is 205 g/mol. The molecule has 2 unspecified atom stereocenters. The Morgan fingerprint density at radius 2 is 2.33 bits per heavy atom. The average Bonchev–Trinajstić information content (AvgIpc) is 2.66. The highest BCUT2D eigenvalue weighted by Gasteiger charge is 2.29. The zero-order chi connectivity index (χ0) is 10.8. The summed E-state index contributed by atoms with van der Waals surface area (Å²) in [7, 11) is 0. The van der Waals surface area contributed by atoms with E-state index in [0.29, 0.717) is 12.3 Å². The Hall–Kier alpha value is -1.35. The summed E-state index contributed by atoms with van der Waals surface area (Å²) >= 11 is 0. The number of aryl methyl sites for hydroxylation is 1. The molecule has 1 fully saturated rings. The van der Waals surface area contributed by atoms with Gasteiger partial charge in [0.1, 0.15) is 6.04 Å². The van der Waals surface area contributed by atoms with E-state index in [-0.39, 0.29) is 6.04 Å². The van der Waals surface area contributed by atoms with Crippen molar-refractivity contribution in [1.82, 2.24) is 5.32 Å². The van der Waals surface area contributed by atoms with Gasteiger partial charge in [-0.3, -0.25) is 4.79 Å². The van der Waals surface area contributed by atoms with Crippen LogP contribution in [0.4, 0.5) is 0 Å². The monoisotopic (exact) mass is 205 g/mol. The number of rotatable bonds is 2. The van der Waals surface area contributed by atoms with Crippen LogP contribution in [0.25, 0.3) is 0 Å². The summed E-state index contributed by atoms with van der Waals surface area (Å²) in [5.41, 5.74) is 2.47. The number of benzene rings is 1. The Balaban J connectivity index is 2.11. The highest BCUT2D eigenvalue weighted by atomic mass is 16.4. The van der Waals surface area contributed by atoms with E-state index >= 15 is 0 Å². The molecule has 1 aromatic rings. The van der Waals surface area contributed by atoms with E-state index in [0.717, 1.165) is 6.54 Å². The van der Waals surface area contributed by atoms with Gasteiger partial charge in [0.15, 0.2) is 0 Å². The minimum Gasteiger partial charge on any atom is -0.480 e. The Bertz CT molecular complexity index is 376. The number of hydrogen-bond donors (Lipinski definition) is 2. The minimum absolute atomic E-state index is 0.339. The van der Waals surface area contributed by atoms with Crippen LogP contribution in [0.2, 0.25) is 0 Å². The van der Waals surface area contributed by atoms with Crippen LogP contribution in [-0.2, 0) is 4.79 Å². The van der Waals surface area contributed by atoms with E-state index in [2.05, 4.69) is 30.4 Å². The smallest absolute Gasteiger partial charge is 0.320 e. The Kier molecular flexibility index (Phi) is 2.73. The largest absolute Gasteiger partial charge is 0.480 e. The summed E-state index contributed by atoms with van der Waals surface area (Å²) in [6.07, 6.45) is 0.693. The molecule has 15 heavy (non-hydrogen) atoms. The van der Waals surface area contributed by atoms with Gasteiger partial charge in [0, 0.05) is 6.54 Å². The number of aliphatic carboxylic acids is 1. The van der Waals surface area contributed by atoms with Crippen molar-refractivity contribution in [2.75, 3.05) is 6.54 Å². The van der Waals surface area contributed by atoms with Crippen LogP contribution in [-0.4, -0.2) is 23.7 Å². The molecule has 0 saturated carbocycles. The van der Waals surface area contributed by atoms with Crippen molar-refractivity contribution in [1.29, 1.82) is 0 Å². The molecule has 1 aromatic carbocycles. The van der Waals surface area contributed by atoms with Crippen molar-refractivity contribution in [3.05, 3.63) is 35.4 Å². The fraction of sp³-hybridized carbons (Fsp3) is 0.417. The fourth-order valence-corrected chi connectivity index (χ4v) is 2.10. The quantitative estimate of drug-likeness (QED) is 0.769. The van der Waals surface area contributed by atoms with Crippen LogP contribution in [0.1, 0.15) is 23.5 Å². The Labute approximate surface area is 89.1 Å². The van der Waals surface area contributed by atoms with E-state index in [4.69, 9.17) is 5.11 Å². The molecule has 0 bridgehead atoms. The number of hydrogen-bond acceptors (Lipinski definition) is 2.